The van der Waals surface area contributed by atoms with Crippen LogP contribution in [0.25, 0.3) is 11.1 Å². The fourth-order valence-electron chi connectivity index (χ4n) is 4.22. The van der Waals surface area contributed by atoms with Gasteiger partial charge in [-0.25, -0.2) is 8.78 Å². The predicted octanol–water partition coefficient (Wildman–Crippen LogP) is 7.49. The van der Waals surface area contributed by atoms with Crippen molar-refractivity contribution >= 4 is 0 Å². The molecule has 1 nitrogen and oxygen atoms in total. The number of ether oxygens (including phenoxy) is 1. The van der Waals surface area contributed by atoms with Gasteiger partial charge < -0.3 is 4.74 Å². The number of rotatable bonds is 6. The highest BCUT2D eigenvalue weighted by molar-refractivity contribution is 5.65. The van der Waals surface area contributed by atoms with E-state index in [2.05, 4.69) is 19.1 Å². The van der Waals surface area contributed by atoms with E-state index >= 15 is 0 Å². The molecule has 0 aliphatic heterocycles. The van der Waals surface area contributed by atoms with Crippen molar-refractivity contribution in [3.05, 3.63) is 53.6 Å². The summed E-state index contributed by atoms with van der Waals surface area (Å²) in [5.74, 6) is -0.103. The Labute approximate surface area is 161 Å². The molecule has 3 rings (SSSR count). The van der Waals surface area contributed by atoms with Gasteiger partial charge in [0.2, 0.25) is 0 Å². The summed E-state index contributed by atoms with van der Waals surface area (Å²) in [7, 11) is 0. The van der Waals surface area contributed by atoms with Crippen molar-refractivity contribution in [1.29, 1.82) is 0 Å². The van der Waals surface area contributed by atoms with Gasteiger partial charge in [-0.3, -0.25) is 0 Å². The first kappa shape index (κ1) is 19.9. The Morgan fingerprint density at radius 1 is 0.926 bits per heavy atom. The highest BCUT2D eigenvalue weighted by Gasteiger charge is 2.22. The van der Waals surface area contributed by atoms with E-state index < -0.39 is 11.6 Å². The molecule has 0 bridgehead atoms. The zero-order valence-corrected chi connectivity index (χ0v) is 16.6. The van der Waals surface area contributed by atoms with Crippen LogP contribution in [0.3, 0.4) is 0 Å². The second-order valence-corrected chi connectivity index (χ2v) is 8.06. The van der Waals surface area contributed by atoms with Crippen molar-refractivity contribution in [3.63, 3.8) is 0 Å². The SMILES string of the molecule is CCCC1CCC(c2ccc(-c3cc(F)c(OC(C)C)c(F)c3)cc2)CC1. The molecule has 1 fully saturated rings. The zero-order valence-electron chi connectivity index (χ0n) is 16.6. The lowest BCUT2D eigenvalue weighted by Gasteiger charge is -2.28. The molecule has 0 N–H and O–H groups in total. The maximum atomic E-state index is 14.3. The summed E-state index contributed by atoms with van der Waals surface area (Å²) in [5, 5.41) is 0. The average molecular weight is 372 g/mol. The average Bonchev–Trinajstić information content (AvgIpc) is 2.65. The lowest BCUT2D eigenvalue weighted by atomic mass is 9.77. The number of halogens is 2. The van der Waals surface area contributed by atoms with Crippen molar-refractivity contribution in [2.45, 2.75) is 71.3 Å². The van der Waals surface area contributed by atoms with Crippen molar-refractivity contribution in [2.24, 2.45) is 5.92 Å². The van der Waals surface area contributed by atoms with Gasteiger partial charge in [-0.2, -0.15) is 0 Å². The Bertz CT molecular complexity index is 720. The van der Waals surface area contributed by atoms with Gasteiger partial charge in [0.1, 0.15) is 0 Å². The van der Waals surface area contributed by atoms with Gasteiger partial charge in [0.25, 0.3) is 0 Å². The van der Waals surface area contributed by atoms with Gasteiger partial charge in [0.15, 0.2) is 17.4 Å². The first-order valence-corrected chi connectivity index (χ1v) is 10.2. The van der Waals surface area contributed by atoms with Crippen LogP contribution < -0.4 is 4.74 Å². The van der Waals surface area contributed by atoms with Crippen LogP contribution >= 0.6 is 0 Å². The third kappa shape index (κ3) is 4.88. The highest BCUT2D eigenvalue weighted by Crippen LogP contribution is 2.38. The molecule has 0 amide bonds. The molecule has 1 saturated carbocycles. The first-order valence-electron chi connectivity index (χ1n) is 10.2. The topological polar surface area (TPSA) is 9.23 Å². The molecular weight excluding hydrogens is 342 g/mol. The van der Waals surface area contributed by atoms with Crippen molar-refractivity contribution < 1.29 is 13.5 Å². The minimum Gasteiger partial charge on any atom is -0.485 e. The van der Waals surface area contributed by atoms with Crippen LogP contribution in [0, 0.1) is 17.6 Å². The van der Waals surface area contributed by atoms with E-state index in [0.29, 0.717) is 11.5 Å². The Hall–Kier alpha value is -1.90. The van der Waals surface area contributed by atoms with Crippen LogP contribution in [-0.4, -0.2) is 6.10 Å². The van der Waals surface area contributed by atoms with Crippen LogP contribution in [0.1, 0.15) is 70.8 Å². The van der Waals surface area contributed by atoms with Crippen LogP contribution in [0.2, 0.25) is 0 Å². The van der Waals surface area contributed by atoms with E-state index in [1.54, 1.807) is 13.8 Å². The molecule has 2 aromatic rings. The minimum absolute atomic E-state index is 0.272. The van der Waals surface area contributed by atoms with Gasteiger partial charge >= 0.3 is 0 Å². The molecule has 0 spiro atoms. The summed E-state index contributed by atoms with van der Waals surface area (Å²) in [5.41, 5.74) is 2.71. The monoisotopic (exact) mass is 372 g/mol. The summed E-state index contributed by atoms with van der Waals surface area (Å²) >= 11 is 0. The van der Waals surface area contributed by atoms with Crippen molar-refractivity contribution in [3.8, 4) is 16.9 Å². The maximum Gasteiger partial charge on any atom is 0.191 e. The van der Waals surface area contributed by atoms with Gasteiger partial charge in [-0.05, 0) is 80.2 Å². The molecular formula is C24H30F2O. The summed E-state index contributed by atoms with van der Waals surface area (Å²) in [6.07, 6.45) is 7.47. The Morgan fingerprint density at radius 3 is 2.04 bits per heavy atom. The predicted molar refractivity (Wildman–Crippen MR) is 107 cm³/mol. The molecule has 1 aliphatic carbocycles. The Balaban J connectivity index is 1.72. The van der Waals surface area contributed by atoms with Gasteiger partial charge in [-0.1, -0.05) is 44.0 Å². The third-order valence-corrected chi connectivity index (χ3v) is 5.61. The third-order valence-electron chi connectivity index (χ3n) is 5.61. The molecule has 0 radical (unpaired) electrons. The molecule has 2 aromatic carbocycles. The molecule has 0 heterocycles. The second kappa shape index (κ2) is 8.86. The van der Waals surface area contributed by atoms with Gasteiger partial charge in [0.05, 0.1) is 6.10 Å². The number of benzene rings is 2. The van der Waals surface area contributed by atoms with Crippen LogP contribution in [-0.2, 0) is 0 Å². The summed E-state index contributed by atoms with van der Waals surface area (Å²) in [6.45, 7) is 5.76. The molecule has 0 atom stereocenters. The van der Waals surface area contributed by atoms with E-state index in [1.807, 2.05) is 12.1 Å². The lowest BCUT2D eigenvalue weighted by molar-refractivity contribution is 0.219. The Morgan fingerprint density at radius 2 is 1.52 bits per heavy atom. The van der Waals surface area contributed by atoms with E-state index in [0.717, 1.165) is 11.5 Å². The van der Waals surface area contributed by atoms with E-state index in [-0.39, 0.29) is 11.9 Å². The molecule has 3 heteroatoms. The molecule has 27 heavy (non-hydrogen) atoms. The van der Waals surface area contributed by atoms with Crippen LogP contribution in [0.4, 0.5) is 8.78 Å². The van der Waals surface area contributed by atoms with Gasteiger partial charge in [-0.15, -0.1) is 0 Å². The fraction of sp³-hybridized carbons (Fsp3) is 0.500. The number of hydrogen-bond acceptors (Lipinski definition) is 1. The largest absolute Gasteiger partial charge is 0.485 e. The highest BCUT2D eigenvalue weighted by atomic mass is 19.1. The first-order chi connectivity index (χ1) is 13.0. The Kier molecular flexibility index (Phi) is 6.51. The van der Waals surface area contributed by atoms with E-state index in [9.17, 15) is 8.78 Å². The summed E-state index contributed by atoms with van der Waals surface area (Å²) in [4.78, 5) is 0. The van der Waals surface area contributed by atoms with Crippen molar-refractivity contribution in [2.75, 3.05) is 0 Å². The van der Waals surface area contributed by atoms with E-state index in [4.69, 9.17) is 4.74 Å². The molecule has 146 valence electrons. The minimum atomic E-state index is -0.656. The molecule has 0 unspecified atom stereocenters. The zero-order chi connectivity index (χ0) is 19.4. The van der Waals surface area contributed by atoms with Gasteiger partial charge in [0, 0.05) is 0 Å². The van der Waals surface area contributed by atoms with Crippen LogP contribution in [0.15, 0.2) is 36.4 Å². The summed E-state index contributed by atoms with van der Waals surface area (Å²) < 4.78 is 33.8. The summed E-state index contributed by atoms with van der Waals surface area (Å²) in [6, 6.07) is 10.9. The molecule has 0 saturated heterocycles. The lowest BCUT2D eigenvalue weighted by Crippen LogP contribution is -2.13. The maximum absolute atomic E-state index is 14.3. The van der Waals surface area contributed by atoms with Crippen LogP contribution in [0.5, 0.6) is 5.75 Å². The standard InChI is InChI=1S/C24H30F2O/c1-4-5-17-6-8-18(9-7-17)19-10-12-20(13-11-19)21-14-22(25)24(23(26)15-21)27-16(2)3/h10-18H,4-9H2,1-3H3. The fourth-order valence-corrected chi connectivity index (χ4v) is 4.22. The molecule has 0 aromatic heterocycles. The molecule has 1 aliphatic rings. The quantitative estimate of drug-likeness (QED) is 0.510. The van der Waals surface area contributed by atoms with E-state index in [1.165, 1.54) is 56.2 Å². The normalized spacial score (nSPS) is 20.1. The smallest absolute Gasteiger partial charge is 0.191 e. The van der Waals surface area contributed by atoms with Crippen molar-refractivity contribution in [1.82, 2.24) is 0 Å². The number of hydrogen-bond donors (Lipinski definition) is 0. The second-order valence-electron chi connectivity index (χ2n) is 8.06.